The van der Waals surface area contributed by atoms with Gasteiger partial charge in [-0.25, -0.2) is 9.19 Å². The smallest absolute Gasteiger partial charge is 0.214 e. The van der Waals surface area contributed by atoms with E-state index < -0.39 is 9.80 Å². The lowest BCUT2D eigenvalue weighted by Crippen LogP contribution is -2.21. The van der Waals surface area contributed by atoms with Gasteiger partial charge in [0.1, 0.15) is 15.3 Å². The second-order valence-electron chi connectivity index (χ2n) is 5.27. The second-order valence-corrected chi connectivity index (χ2v) is 6.94. The van der Waals surface area contributed by atoms with Crippen LogP contribution in [0.3, 0.4) is 0 Å². The number of rotatable bonds is 1. The Morgan fingerprint density at radius 2 is 1.65 bits per heavy atom. The minimum Gasteiger partial charge on any atom is -0.329 e. The number of hydrogen-bond donors (Lipinski definition) is 2. The van der Waals surface area contributed by atoms with Crippen LogP contribution in [0.15, 0.2) is 41.6 Å². The largest absolute Gasteiger partial charge is 0.329 e. The molecule has 23 heavy (non-hydrogen) atoms. The third-order valence-corrected chi connectivity index (χ3v) is 4.62. The van der Waals surface area contributed by atoms with Crippen molar-refractivity contribution in [3.8, 4) is 0 Å². The van der Waals surface area contributed by atoms with E-state index in [0.717, 1.165) is 0 Å². The van der Waals surface area contributed by atoms with E-state index in [1.165, 1.54) is 6.07 Å². The van der Waals surface area contributed by atoms with Gasteiger partial charge in [-0.3, -0.25) is 9.59 Å². The zero-order valence-electron chi connectivity index (χ0n) is 11.7. The van der Waals surface area contributed by atoms with Gasteiger partial charge in [-0.2, -0.15) is 0 Å². The number of H-pyrrole nitrogens is 1. The molecule has 6 nitrogen and oxygen atoms in total. The van der Waals surface area contributed by atoms with E-state index >= 15 is 0 Å². The summed E-state index contributed by atoms with van der Waals surface area (Å²) in [4.78, 5) is 32.1. The van der Waals surface area contributed by atoms with Gasteiger partial charge in [0.15, 0.2) is 11.6 Å². The van der Waals surface area contributed by atoms with Crippen molar-refractivity contribution in [1.29, 1.82) is 0 Å². The van der Waals surface area contributed by atoms with Crippen LogP contribution in [0.4, 0.5) is 0 Å². The third kappa shape index (κ3) is 1.87. The summed E-state index contributed by atoms with van der Waals surface area (Å²) in [6, 6.07) is 9.66. The number of aromatic amines is 1. The van der Waals surface area contributed by atoms with Gasteiger partial charge in [0, 0.05) is 16.7 Å². The maximum Gasteiger partial charge on any atom is 0.214 e. The molecule has 0 spiro atoms. The molecule has 2 N–H and O–H groups in total. The van der Waals surface area contributed by atoms with Gasteiger partial charge in [-0.15, -0.1) is 0 Å². The number of ketones is 2. The molecule has 0 amide bonds. The lowest BCUT2D eigenvalue weighted by molar-refractivity contribution is 0.0980. The monoisotopic (exact) mass is 326 g/mol. The number of fused-ring (bicyclic) bond motifs is 4. The maximum absolute atomic E-state index is 12.8. The SMILES string of the molecule is C=S(=O)(O)c1nc2c3c(ccc2[nH]1)C(=O)c1ccccc1C3=O. The van der Waals surface area contributed by atoms with Crippen LogP contribution in [-0.4, -0.2) is 36.2 Å². The first kappa shape index (κ1) is 13.9. The molecular weight excluding hydrogens is 316 g/mol. The molecule has 4 rings (SSSR count). The molecule has 1 aromatic heterocycles. The Balaban J connectivity index is 2.09. The predicted molar refractivity (Wildman–Crippen MR) is 85.6 cm³/mol. The van der Waals surface area contributed by atoms with Gasteiger partial charge >= 0.3 is 0 Å². The molecule has 114 valence electrons. The van der Waals surface area contributed by atoms with Gasteiger partial charge in [0.25, 0.3) is 0 Å². The lowest BCUT2D eigenvalue weighted by Gasteiger charge is -2.17. The molecule has 1 heterocycles. The van der Waals surface area contributed by atoms with E-state index in [1.54, 1.807) is 30.3 Å². The Kier molecular flexibility index (Phi) is 2.64. The van der Waals surface area contributed by atoms with Crippen molar-refractivity contribution in [3.05, 3.63) is 58.7 Å². The number of imidazole rings is 1. The quantitative estimate of drug-likeness (QED) is 0.520. The number of carbonyl (C=O) groups is 2. The molecule has 0 aliphatic heterocycles. The van der Waals surface area contributed by atoms with E-state index in [1.807, 2.05) is 0 Å². The van der Waals surface area contributed by atoms with Crippen LogP contribution < -0.4 is 0 Å². The van der Waals surface area contributed by atoms with Gasteiger partial charge in [0.05, 0.1) is 11.1 Å². The number of nitrogens with zero attached hydrogens (tertiary/aromatic N) is 1. The molecule has 0 saturated heterocycles. The highest BCUT2D eigenvalue weighted by molar-refractivity contribution is 7.94. The van der Waals surface area contributed by atoms with Gasteiger partial charge in [0.2, 0.25) is 5.16 Å². The maximum atomic E-state index is 12.8. The molecule has 1 atom stereocenters. The minimum absolute atomic E-state index is 0.150. The van der Waals surface area contributed by atoms with Gasteiger partial charge in [-0.05, 0) is 18.0 Å². The van der Waals surface area contributed by atoms with Crippen molar-refractivity contribution < 1.29 is 18.4 Å². The topological polar surface area (TPSA) is 100 Å². The Morgan fingerprint density at radius 3 is 2.30 bits per heavy atom. The van der Waals surface area contributed by atoms with E-state index in [-0.39, 0.29) is 33.4 Å². The Labute approximate surface area is 131 Å². The normalized spacial score (nSPS) is 16.0. The van der Waals surface area contributed by atoms with Crippen LogP contribution in [0, 0.1) is 0 Å². The van der Waals surface area contributed by atoms with Crippen molar-refractivity contribution in [2.75, 3.05) is 0 Å². The standard InChI is InChI=1S/C16H10N2O4S/c1-23(21,22)16-17-11-7-6-10-12(13(11)18-16)15(20)9-5-3-2-4-8(9)14(10)19/h2-7H,1H2,(H,17,18)(H,21,22). The molecule has 0 saturated carbocycles. The molecule has 7 heteroatoms. The first-order valence-corrected chi connectivity index (χ1v) is 8.37. The molecule has 3 aromatic rings. The summed E-state index contributed by atoms with van der Waals surface area (Å²) >= 11 is 0. The van der Waals surface area contributed by atoms with Crippen LogP contribution in [0.2, 0.25) is 0 Å². The van der Waals surface area contributed by atoms with E-state index in [9.17, 15) is 18.4 Å². The van der Waals surface area contributed by atoms with Crippen molar-refractivity contribution in [3.63, 3.8) is 0 Å². The molecule has 1 unspecified atom stereocenters. The summed E-state index contributed by atoms with van der Waals surface area (Å²) in [6.07, 6.45) is 0. The summed E-state index contributed by atoms with van der Waals surface area (Å²) in [5.74, 6) is 2.57. The zero-order chi connectivity index (χ0) is 16.4. The highest BCUT2D eigenvalue weighted by Crippen LogP contribution is 2.32. The summed E-state index contributed by atoms with van der Waals surface area (Å²) < 4.78 is 21.2. The third-order valence-electron chi connectivity index (χ3n) is 3.82. The molecular formula is C16H10N2O4S. The number of nitrogens with one attached hydrogen (secondary N) is 1. The fraction of sp³-hybridized carbons (Fsp3) is 0. The van der Waals surface area contributed by atoms with Crippen molar-refractivity contribution in [1.82, 2.24) is 9.97 Å². The number of aromatic nitrogens is 2. The Morgan fingerprint density at radius 1 is 1.00 bits per heavy atom. The van der Waals surface area contributed by atoms with Crippen molar-refractivity contribution in [2.24, 2.45) is 0 Å². The van der Waals surface area contributed by atoms with Crippen molar-refractivity contribution in [2.45, 2.75) is 5.16 Å². The Bertz CT molecular complexity index is 1130. The Hall–Kier alpha value is -2.77. The lowest BCUT2D eigenvalue weighted by atomic mass is 9.83. The second kappa shape index (κ2) is 4.37. The van der Waals surface area contributed by atoms with Crippen LogP contribution >= 0.6 is 0 Å². The van der Waals surface area contributed by atoms with E-state index in [2.05, 4.69) is 15.8 Å². The number of benzene rings is 2. The predicted octanol–water partition coefficient (Wildman–Crippen LogP) is 1.89. The summed E-state index contributed by atoms with van der Waals surface area (Å²) in [5.41, 5.74) is 1.66. The summed E-state index contributed by atoms with van der Waals surface area (Å²) in [7, 11) is -3.55. The van der Waals surface area contributed by atoms with Crippen LogP contribution in [-0.2, 0) is 9.80 Å². The average molecular weight is 326 g/mol. The fourth-order valence-corrected chi connectivity index (χ4v) is 3.29. The first-order valence-electron chi connectivity index (χ1n) is 6.69. The van der Waals surface area contributed by atoms with Gasteiger partial charge < -0.3 is 9.54 Å². The van der Waals surface area contributed by atoms with Gasteiger partial charge in [-0.1, -0.05) is 24.3 Å². The summed E-state index contributed by atoms with van der Waals surface area (Å²) in [6.45, 7) is 0. The van der Waals surface area contributed by atoms with E-state index in [4.69, 9.17) is 0 Å². The van der Waals surface area contributed by atoms with Crippen LogP contribution in [0.25, 0.3) is 11.0 Å². The fourth-order valence-electron chi connectivity index (χ4n) is 2.78. The first-order chi connectivity index (χ1) is 10.9. The minimum atomic E-state index is -3.55. The zero-order valence-corrected chi connectivity index (χ0v) is 12.5. The number of hydrogen-bond acceptors (Lipinski definition) is 4. The molecule has 0 fully saturated rings. The highest BCUT2D eigenvalue weighted by Gasteiger charge is 2.32. The van der Waals surface area contributed by atoms with Crippen LogP contribution in [0.5, 0.6) is 0 Å². The molecule has 2 aromatic carbocycles. The van der Waals surface area contributed by atoms with Crippen molar-refractivity contribution >= 4 is 38.3 Å². The van der Waals surface area contributed by atoms with Crippen LogP contribution in [0.1, 0.15) is 31.8 Å². The number of carbonyl (C=O) groups excluding carboxylic acids is 2. The molecule has 0 bridgehead atoms. The highest BCUT2D eigenvalue weighted by atomic mass is 32.2. The average Bonchev–Trinajstić information content (AvgIpc) is 2.96. The molecule has 1 aliphatic carbocycles. The molecule has 1 aliphatic rings. The summed E-state index contributed by atoms with van der Waals surface area (Å²) in [5, 5.41) is -0.222. The van der Waals surface area contributed by atoms with E-state index in [0.29, 0.717) is 16.6 Å². The molecule has 0 radical (unpaired) electrons.